The molecule has 0 aromatic heterocycles. The smallest absolute Gasteiger partial charge is 0.235 e. The molecule has 1 aliphatic rings. The van der Waals surface area contributed by atoms with Crippen LogP contribution in [0.1, 0.15) is 33.6 Å². The van der Waals surface area contributed by atoms with E-state index in [1.54, 1.807) is 0 Å². The minimum Gasteiger partial charge on any atom is -0.339 e. The van der Waals surface area contributed by atoms with Gasteiger partial charge in [0.25, 0.3) is 0 Å². The summed E-state index contributed by atoms with van der Waals surface area (Å²) >= 11 is 4.19. The lowest BCUT2D eigenvalue weighted by Crippen LogP contribution is -2.41. The molecule has 0 aromatic carbocycles. The normalized spacial score (nSPS) is 25.3. The fraction of sp³-hybridized carbons (Fsp3) is 0.900. The van der Waals surface area contributed by atoms with Crippen molar-refractivity contribution in [1.82, 2.24) is 4.90 Å². The van der Waals surface area contributed by atoms with Crippen LogP contribution < -0.4 is 0 Å². The number of hydrogen-bond donors (Lipinski definition) is 1. The lowest BCUT2D eigenvalue weighted by atomic mass is 10.0. The van der Waals surface area contributed by atoms with Gasteiger partial charge in [-0.25, -0.2) is 0 Å². The third kappa shape index (κ3) is 2.39. The Morgan fingerprint density at radius 1 is 1.46 bits per heavy atom. The summed E-state index contributed by atoms with van der Waals surface area (Å²) in [4.78, 5) is 13.7. The van der Waals surface area contributed by atoms with Crippen molar-refractivity contribution in [3.05, 3.63) is 0 Å². The van der Waals surface area contributed by atoms with Crippen LogP contribution in [0, 0.1) is 5.92 Å². The van der Waals surface area contributed by atoms with E-state index >= 15 is 0 Å². The van der Waals surface area contributed by atoms with Crippen LogP contribution >= 0.6 is 12.6 Å². The fourth-order valence-electron chi connectivity index (χ4n) is 2.00. The summed E-state index contributed by atoms with van der Waals surface area (Å²) in [6.45, 7) is 7.13. The van der Waals surface area contributed by atoms with Crippen molar-refractivity contribution in [2.45, 2.75) is 44.9 Å². The zero-order valence-corrected chi connectivity index (χ0v) is 9.55. The van der Waals surface area contributed by atoms with Gasteiger partial charge in [-0.05, 0) is 25.7 Å². The van der Waals surface area contributed by atoms with E-state index in [1.165, 1.54) is 0 Å². The first-order valence-electron chi connectivity index (χ1n) is 5.02. The van der Waals surface area contributed by atoms with Gasteiger partial charge in [0.05, 0.1) is 5.25 Å². The summed E-state index contributed by atoms with van der Waals surface area (Å²) < 4.78 is 0. The van der Waals surface area contributed by atoms with Crippen LogP contribution in [0.25, 0.3) is 0 Å². The standard InChI is InChI=1S/C10H19NOS/c1-7(2)9-5-4-6-11(9)10(12)8(3)13/h7-9,13H,4-6H2,1-3H3. The topological polar surface area (TPSA) is 20.3 Å². The summed E-state index contributed by atoms with van der Waals surface area (Å²) in [5.74, 6) is 0.762. The number of likely N-dealkylation sites (tertiary alicyclic amines) is 1. The molecule has 0 radical (unpaired) electrons. The molecule has 0 spiro atoms. The third-order valence-corrected chi connectivity index (χ3v) is 2.93. The van der Waals surface area contributed by atoms with E-state index in [4.69, 9.17) is 0 Å². The molecule has 0 N–H and O–H groups in total. The van der Waals surface area contributed by atoms with Gasteiger partial charge in [0.1, 0.15) is 0 Å². The number of hydrogen-bond acceptors (Lipinski definition) is 2. The van der Waals surface area contributed by atoms with E-state index < -0.39 is 0 Å². The van der Waals surface area contributed by atoms with E-state index in [9.17, 15) is 4.79 Å². The van der Waals surface area contributed by atoms with Crippen molar-refractivity contribution in [1.29, 1.82) is 0 Å². The first-order chi connectivity index (χ1) is 6.04. The number of carbonyl (C=O) groups is 1. The lowest BCUT2D eigenvalue weighted by Gasteiger charge is -2.28. The molecule has 0 aromatic rings. The van der Waals surface area contributed by atoms with Crippen LogP contribution in [0.2, 0.25) is 0 Å². The quantitative estimate of drug-likeness (QED) is 0.677. The molecule has 1 rings (SSSR count). The summed E-state index contributed by atoms with van der Waals surface area (Å²) in [5.41, 5.74) is 0. The Hall–Kier alpha value is -0.180. The molecule has 3 heteroatoms. The van der Waals surface area contributed by atoms with E-state index in [0.29, 0.717) is 12.0 Å². The van der Waals surface area contributed by atoms with Crippen LogP contribution in [0.5, 0.6) is 0 Å². The highest BCUT2D eigenvalue weighted by Crippen LogP contribution is 2.24. The minimum atomic E-state index is -0.153. The maximum atomic E-state index is 11.7. The third-order valence-electron chi connectivity index (χ3n) is 2.71. The monoisotopic (exact) mass is 201 g/mol. The molecule has 76 valence electrons. The summed E-state index contributed by atoms with van der Waals surface area (Å²) in [5, 5.41) is -0.153. The number of nitrogens with zero attached hydrogens (tertiary/aromatic N) is 1. The summed E-state index contributed by atoms with van der Waals surface area (Å²) in [6.07, 6.45) is 2.30. The zero-order chi connectivity index (χ0) is 10.0. The predicted octanol–water partition coefficient (Wildman–Crippen LogP) is 1.95. The molecular weight excluding hydrogens is 182 g/mol. The van der Waals surface area contributed by atoms with Gasteiger partial charge in [-0.3, -0.25) is 4.79 Å². The average molecular weight is 201 g/mol. The second kappa shape index (κ2) is 4.36. The second-order valence-corrected chi connectivity index (χ2v) is 4.94. The Bertz CT molecular complexity index is 191. The number of thiol groups is 1. The van der Waals surface area contributed by atoms with Crippen molar-refractivity contribution in [2.24, 2.45) is 5.92 Å². The van der Waals surface area contributed by atoms with Crippen molar-refractivity contribution in [2.75, 3.05) is 6.54 Å². The fourth-order valence-corrected chi connectivity index (χ4v) is 2.15. The molecule has 1 fully saturated rings. The Labute approximate surface area is 86.1 Å². The van der Waals surface area contributed by atoms with Gasteiger partial charge in [0, 0.05) is 12.6 Å². The first-order valence-corrected chi connectivity index (χ1v) is 5.54. The Morgan fingerprint density at radius 3 is 2.54 bits per heavy atom. The van der Waals surface area contributed by atoms with Gasteiger partial charge in [-0.15, -0.1) is 0 Å². The van der Waals surface area contributed by atoms with Gasteiger partial charge in [-0.1, -0.05) is 13.8 Å². The number of carbonyl (C=O) groups excluding carboxylic acids is 1. The molecule has 1 heterocycles. The van der Waals surface area contributed by atoms with Crippen molar-refractivity contribution < 1.29 is 4.79 Å². The second-order valence-electron chi connectivity index (χ2n) is 4.16. The highest BCUT2D eigenvalue weighted by Gasteiger charge is 2.31. The van der Waals surface area contributed by atoms with Gasteiger partial charge < -0.3 is 4.90 Å². The molecule has 0 bridgehead atoms. The van der Waals surface area contributed by atoms with E-state index in [1.807, 2.05) is 11.8 Å². The molecule has 0 aliphatic carbocycles. The van der Waals surface area contributed by atoms with E-state index in [0.717, 1.165) is 19.4 Å². The molecule has 1 saturated heterocycles. The van der Waals surface area contributed by atoms with Crippen molar-refractivity contribution in [3.8, 4) is 0 Å². The van der Waals surface area contributed by atoms with E-state index in [2.05, 4.69) is 26.5 Å². The molecule has 13 heavy (non-hydrogen) atoms. The average Bonchev–Trinajstić information content (AvgIpc) is 2.50. The molecule has 1 aliphatic heterocycles. The van der Waals surface area contributed by atoms with Gasteiger partial charge in [-0.2, -0.15) is 12.6 Å². The van der Waals surface area contributed by atoms with Crippen LogP contribution in [-0.2, 0) is 4.79 Å². The van der Waals surface area contributed by atoms with Crippen LogP contribution in [0.4, 0.5) is 0 Å². The van der Waals surface area contributed by atoms with Crippen LogP contribution in [0.15, 0.2) is 0 Å². The largest absolute Gasteiger partial charge is 0.339 e. The SMILES string of the molecule is CC(S)C(=O)N1CCCC1C(C)C. The van der Waals surface area contributed by atoms with Gasteiger partial charge in [0.15, 0.2) is 0 Å². The van der Waals surface area contributed by atoms with Crippen LogP contribution in [-0.4, -0.2) is 28.6 Å². The maximum absolute atomic E-state index is 11.7. The van der Waals surface area contributed by atoms with E-state index in [-0.39, 0.29) is 11.2 Å². The molecule has 2 unspecified atom stereocenters. The molecule has 0 saturated carbocycles. The van der Waals surface area contributed by atoms with Crippen molar-refractivity contribution in [3.63, 3.8) is 0 Å². The predicted molar refractivity (Wildman–Crippen MR) is 58.0 cm³/mol. The molecule has 1 amide bonds. The van der Waals surface area contributed by atoms with Crippen molar-refractivity contribution >= 4 is 18.5 Å². The van der Waals surface area contributed by atoms with Gasteiger partial charge >= 0.3 is 0 Å². The highest BCUT2D eigenvalue weighted by molar-refractivity contribution is 7.81. The first kappa shape index (κ1) is 10.9. The maximum Gasteiger partial charge on any atom is 0.235 e. The Kier molecular flexibility index (Phi) is 3.65. The van der Waals surface area contributed by atoms with Crippen LogP contribution in [0.3, 0.4) is 0 Å². The van der Waals surface area contributed by atoms with Gasteiger partial charge in [0.2, 0.25) is 5.91 Å². The molecule has 2 nitrogen and oxygen atoms in total. The molecule has 2 atom stereocenters. The number of amides is 1. The highest BCUT2D eigenvalue weighted by atomic mass is 32.1. The summed E-state index contributed by atoms with van der Waals surface area (Å²) in [6, 6.07) is 0.446. The zero-order valence-electron chi connectivity index (χ0n) is 8.66. The molecular formula is C10H19NOS. The Morgan fingerprint density at radius 2 is 2.08 bits per heavy atom. The Balaban J connectivity index is 2.63. The number of rotatable bonds is 2. The summed E-state index contributed by atoms with van der Waals surface area (Å²) in [7, 11) is 0. The minimum absolute atomic E-state index is 0.153. The lowest BCUT2D eigenvalue weighted by molar-refractivity contribution is -0.131.